The van der Waals surface area contributed by atoms with Gasteiger partial charge >= 0.3 is 0 Å². The summed E-state index contributed by atoms with van der Waals surface area (Å²) in [6.45, 7) is 1.98. The monoisotopic (exact) mass is 394 g/mol. The highest BCUT2D eigenvalue weighted by atomic mass is 79.9. The molecule has 0 amide bonds. The first-order valence-corrected chi connectivity index (χ1v) is 7.66. The zero-order valence-electron chi connectivity index (χ0n) is 8.88. The lowest BCUT2D eigenvalue weighted by atomic mass is 10.0. The second-order valence-electron chi connectivity index (χ2n) is 3.67. The maximum atomic E-state index is 10.3. The predicted molar refractivity (Wildman–Crippen MR) is 80.0 cm³/mol. The summed E-state index contributed by atoms with van der Waals surface area (Å²) in [6.07, 6.45) is -0.638. The summed E-state index contributed by atoms with van der Waals surface area (Å²) in [4.78, 5) is 0.836. The number of aliphatic hydroxyl groups is 1. The molecule has 5 heteroatoms. The minimum Gasteiger partial charge on any atom is -0.383 e. The Morgan fingerprint density at radius 2 is 2.00 bits per heavy atom. The molecular formula is C12H9Br2ClOS. The van der Waals surface area contributed by atoms with Crippen molar-refractivity contribution in [2.24, 2.45) is 0 Å². The van der Waals surface area contributed by atoms with Crippen LogP contribution in [0.3, 0.4) is 0 Å². The van der Waals surface area contributed by atoms with Crippen LogP contribution in [0, 0.1) is 6.92 Å². The average molecular weight is 397 g/mol. The molecule has 0 aliphatic carbocycles. The number of benzene rings is 1. The van der Waals surface area contributed by atoms with E-state index in [9.17, 15) is 5.11 Å². The lowest BCUT2D eigenvalue weighted by molar-refractivity contribution is 0.223. The predicted octanol–water partition coefficient (Wildman–Crippen LogP) is 5.32. The number of aryl methyl sites for hydroxylation is 1. The summed E-state index contributed by atoms with van der Waals surface area (Å²) >= 11 is 14.1. The molecule has 0 bridgehead atoms. The summed E-state index contributed by atoms with van der Waals surface area (Å²) in [7, 11) is 0. The molecule has 1 N–H and O–H groups in total. The van der Waals surface area contributed by atoms with Crippen molar-refractivity contribution in [3.8, 4) is 0 Å². The van der Waals surface area contributed by atoms with Gasteiger partial charge < -0.3 is 5.11 Å². The van der Waals surface area contributed by atoms with Gasteiger partial charge in [-0.25, -0.2) is 0 Å². The SMILES string of the molecule is Cc1ccc(Br)cc1C(O)c1cc(Br)c(Cl)s1. The number of aliphatic hydroxyl groups excluding tert-OH is 1. The van der Waals surface area contributed by atoms with Gasteiger partial charge in [0.2, 0.25) is 0 Å². The molecule has 1 aromatic heterocycles. The van der Waals surface area contributed by atoms with Crippen LogP contribution < -0.4 is 0 Å². The van der Waals surface area contributed by atoms with E-state index in [0.717, 1.165) is 24.9 Å². The highest BCUT2D eigenvalue weighted by Gasteiger charge is 2.17. The summed E-state index contributed by atoms with van der Waals surface area (Å²) in [5.74, 6) is 0. The highest BCUT2D eigenvalue weighted by molar-refractivity contribution is 9.10. The molecule has 1 heterocycles. The van der Waals surface area contributed by atoms with Crippen molar-refractivity contribution in [2.75, 3.05) is 0 Å². The first kappa shape index (κ1) is 13.6. The molecule has 0 aliphatic heterocycles. The van der Waals surface area contributed by atoms with Crippen molar-refractivity contribution < 1.29 is 5.11 Å². The molecule has 0 spiro atoms. The quantitative estimate of drug-likeness (QED) is 0.729. The Morgan fingerprint density at radius 3 is 2.59 bits per heavy atom. The van der Waals surface area contributed by atoms with Crippen LogP contribution in [0.2, 0.25) is 4.34 Å². The van der Waals surface area contributed by atoms with E-state index in [1.165, 1.54) is 11.3 Å². The fourth-order valence-corrected chi connectivity index (χ4v) is 3.68. The molecule has 2 rings (SSSR count). The fourth-order valence-electron chi connectivity index (χ4n) is 1.56. The standard InChI is InChI=1S/C12H9Br2ClOS/c1-6-2-3-7(13)4-8(6)11(16)10-5-9(14)12(15)17-10/h2-5,11,16H,1H3. The van der Waals surface area contributed by atoms with E-state index in [2.05, 4.69) is 31.9 Å². The second-order valence-corrected chi connectivity index (χ2v) is 7.13. The summed E-state index contributed by atoms with van der Waals surface area (Å²) in [6, 6.07) is 7.73. The third-order valence-electron chi connectivity index (χ3n) is 2.47. The fraction of sp³-hybridized carbons (Fsp3) is 0.167. The van der Waals surface area contributed by atoms with Crippen molar-refractivity contribution in [3.63, 3.8) is 0 Å². The zero-order chi connectivity index (χ0) is 12.6. The molecule has 0 aliphatic rings. The van der Waals surface area contributed by atoms with Crippen molar-refractivity contribution in [1.82, 2.24) is 0 Å². The third-order valence-corrected chi connectivity index (χ3v) is 5.49. The van der Waals surface area contributed by atoms with Gasteiger partial charge in [-0.2, -0.15) is 0 Å². The molecule has 2 aromatic rings. The lowest BCUT2D eigenvalue weighted by Crippen LogP contribution is -1.99. The van der Waals surface area contributed by atoms with Gasteiger partial charge in [-0.15, -0.1) is 11.3 Å². The van der Waals surface area contributed by atoms with Crippen molar-refractivity contribution in [3.05, 3.63) is 53.6 Å². The maximum Gasteiger partial charge on any atom is 0.114 e. The van der Waals surface area contributed by atoms with E-state index in [1.807, 2.05) is 31.2 Å². The van der Waals surface area contributed by atoms with Crippen molar-refractivity contribution in [1.29, 1.82) is 0 Å². The molecule has 0 radical (unpaired) electrons. The van der Waals surface area contributed by atoms with E-state index >= 15 is 0 Å². The van der Waals surface area contributed by atoms with Gasteiger partial charge in [-0.1, -0.05) is 33.6 Å². The van der Waals surface area contributed by atoms with Crippen LogP contribution >= 0.6 is 54.8 Å². The molecule has 17 heavy (non-hydrogen) atoms. The minimum atomic E-state index is -0.638. The van der Waals surface area contributed by atoms with Gasteiger partial charge in [0.15, 0.2) is 0 Å². The number of hydrogen-bond donors (Lipinski definition) is 1. The van der Waals surface area contributed by atoms with Crippen LogP contribution in [0.15, 0.2) is 33.2 Å². The van der Waals surface area contributed by atoms with E-state index in [4.69, 9.17) is 11.6 Å². The molecule has 1 nitrogen and oxygen atoms in total. The Balaban J connectivity index is 2.42. The van der Waals surface area contributed by atoms with Gasteiger partial charge in [0.25, 0.3) is 0 Å². The Labute approximate surface area is 126 Å². The van der Waals surface area contributed by atoms with Crippen LogP contribution in [0.1, 0.15) is 22.1 Å². The first-order valence-electron chi connectivity index (χ1n) is 4.88. The summed E-state index contributed by atoms with van der Waals surface area (Å²) in [5, 5.41) is 10.3. The normalized spacial score (nSPS) is 12.8. The van der Waals surface area contributed by atoms with Gasteiger partial charge in [0, 0.05) is 13.8 Å². The van der Waals surface area contributed by atoms with Crippen LogP contribution in [-0.2, 0) is 0 Å². The van der Waals surface area contributed by atoms with Crippen LogP contribution in [0.4, 0.5) is 0 Å². The Hall–Kier alpha value is 0.130. The Kier molecular flexibility index (Phi) is 4.31. The zero-order valence-corrected chi connectivity index (χ0v) is 13.6. The molecule has 1 aromatic carbocycles. The van der Waals surface area contributed by atoms with Crippen molar-refractivity contribution >= 4 is 54.8 Å². The molecule has 90 valence electrons. The van der Waals surface area contributed by atoms with Gasteiger partial charge in [-0.05, 0) is 52.2 Å². The first-order chi connectivity index (χ1) is 7.99. The van der Waals surface area contributed by atoms with Gasteiger partial charge in [-0.3, -0.25) is 0 Å². The second kappa shape index (κ2) is 5.41. The number of halogens is 3. The third kappa shape index (κ3) is 2.93. The highest BCUT2D eigenvalue weighted by Crippen LogP contribution is 2.38. The Bertz CT molecular complexity index is 534. The topological polar surface area (TPSA) is 20.2 Å². The molecule has 1 atom stereocenters. The summed E-state index contributed by atoms with van der Waals surface area (Å²) in [5.41, 5.74) is 1.95. The smallest absolute Gasteiger partial charge is 0.114 e. The minimum absolute atomic E-state index is 0.638. The number of hydrogen-bond acceptors (Lipinski definition) is 2. The molecule has 1 unspecified atom stereocenters. The average Bonchev–Trinajstić information content (AvgIpc) is 2.62. The number of thiophene rings is 1. The van der Waals surface area contributed by atoms with E-state index < -0.39 is 6.10 Å². The largest absolute Gasteiger partial charge is 0.383 e. The van der Waals surface area contributed by atoms with Crippen LogP contribution in [0.25, 0.3) is 0 Å². The maximum absolute atomic E-state index is 10.3. The van der Waals surface area contributed by atoms with Gasteiger partial charge in [0.05, 0.1) is 0 Å². The molecule has 0 fully saturated rings. The lowest BCUT2D eigenvalue weighted by Gasteiger charge is -2.12. The van der Waals surface area contributed by atoms with E-state index in [0.29, 0.717) is 4.34 Å². The van der Waals surface area contributed by atoms with E-state index in [1.54, 1.807) is 0 Å². The molecular weight excluding hydrogens is 387 g/mol. The van der Waals surface area contributed by atoms with Crippen LogP contribution in [-0.4, -0.2) is 5.11 Å². The van der Waals surface area contributed by atoms with E-state index in [-0.39, 0.29) is 0 Å². The van der Waals surface area contributed by atoms with Gasteiger partial charge in [0.1, 0.15) is 10.4 Å². The molecule has 0 saturated carbocycles. The molecule has 0 saturated heterocycles. The summed E-state index contributed by atoms with van der Waals surface area (Å²) < 4.78 is 2.44. The number of rotatable bonds is 2. The van der Waals surface area contributed by atoms with Crippen LogP contribution in [0.5, 0.6) is 0 Å². The Morgan fingerprint density at radius 1 is 1.29 bits per heavy atom. The van der Waals surface area contributed by atoms with Crippen molar-refractivity contribution in [2.45, 2.75) is 13.0 Å².